The Hall–Kier alpha value is -3.28. The van der Waals surface area contributed by atoms with Crippen molar-refractivity contribution in [2.75, 3.05) is 11.4 Å². The first-order chi connectivity index (χ1) is 14.7. The number of amides is 1. The van der Waals surface area contributed by atoms with E-state index in [1.54, 1.807) is 0 Å². The number of anilines is 1. The lowest BCUT2D eigenvalue weighted by atomic mass is 10.1. The molecule has 1 atom stereocenters. The molecule has 2 aromatic carbocycles. The molecule has 1 N–H and O–H groups in total. The van der Waals surface area contributed by atoms with Crippen molar-refractivity contribution in [1.82, 2.24) is 10.5 Å². The van der Waals surface area contributed by atoms with E-state index in [4.69, 9.17) is 9.26 Å². The Kier molecular flexibility index (Phi) is 6.02. The summed E-state index contributed by atoms with van der Waals surface area (Å²) in [6.07, 6.45) is 1.22. The fraction of sp³-hybridized carbons (Fsp3) is 0.333. The maximum absolute atomic E-state index is 12.8. The number of nitrogens with zero attached hydrogens (tertiary/aromatic N) is 2. The second-order valence-electron chi connectivity index (χ2n) is 7.52. The number of ether oxygens (including phenoxy) is 1. The van der Waals surface area contributed by atoms with Crippen molar-refractivity contribution in [3.63, 3.8) is 0 Å². The van der Waals surface area contributed by atoms with Gasteiger partial charge in [-0.25, -0.2) is 0 Å². The summed E-state index contributed by atoms with van der Waals surface area (Å²) in [5.41, 5.74) is 2.76. The van der Waals surface area contributed by atoms with Crippen molar-refractivity contribution < 1.29 is 14.1 Å². The minimum Gasteiger partial charge on any atom is -0.477 e. The highest BCUT2D eigenvalue weighted by Crippen LogP contribution is 2.34. The number of hydrogen-bond donors (Lipinski definition) is 1. The number of fused-ring (bicyclic) bond motifs is 1. The molecule has 1 amide bonds. The third-order valence-electron chi connectivity index (χ3n) is 5.46. The van der Waals surface area contributed by atoms with Gasteiger partial charge < -0.3 is 19.5 Å². The molecule has 1 aromatic heterocycles. The molecule has 3 aromatic rings. The molecule has 6 nitrogen and oxygen atoms in total. The minimum atomic E-state index is -0.572. The minimum absolute atomic E-state index is 0.0780. The molecule has 2 heterocycles. The summed E-state index contributed by atoms with van der Waals surface area (Å²) in [4.78, 5) is 14.9. The van der Waals surface area contributed by atoms with Crippen LogP contribution in [-0.2, 0) is 11.3 Å². The fourth-order valence-corrected chi connectivity index (χ4v) is 3.70. The Morgan fingerprint density at radius 1 is 1.13 bits per heavy atom. The summed E-state index contributed by atoms with van der Waals surface area (Å²) in [6.45, 7) is 5.11. The molecule has 0 aliphatic carbocycles. The normalized spacial score (nSPS) is 15.6. The molecule has 0 fully saturated rings. The van der Waals surface area contributed by atoms with Gasteiger partial charge in [-0.3, -0.25) is 4.79 Å². The van der Waals surface area contributed by atoms with Crippen molar-refractivity contribution in [2.24, 2.45) is 0 Å². The first-order valence-corrected chi connectivity index (χ1v) is 10.5. The predicted molar refractivity (Wildman–Crippen MR) is 116 cm³/mol. The topological polar surface area (TPSA) is 67.6 Å². The first kappa shape index (κ1) is 20.0. The second-order valence-corrected chi connectivity index (χ2v) is 7.52. The van der Waals surface area contributed by atoms with Crippen LogP contribution in [0.4, 0.5) is 5.69 Å². The van der Waals surface area contributed by atoms with E-state index in [0.29, 0.717) is 18.8 Å². The van der Waals surface area contributed by atoms with Crippen molar-refractivity contribution in [1.29, 1.82) is 0 Å². The van der Waals surface area contributed by atoms with E-state index in [9.17, 15) is 4.79 Å². The van der Waals surface area contributed by atoms with Gasteiger partial charge in [0.2, 0.25) is 0 Å². The highest BCUT2D eigenvalue weighted by atomic mass is 16.5. The van der Waals surface area contributed by atoms with Gasteiger partial charge in [0.1, 0.15) is 11.4 Å². The van der Waals surface area contributed by atoms with E-state index in [0.717, 1.165) is 35.5 Å². The summed E-state index contributed by atoms with van der Waals surface area (Å²) in [5.74, 6) is 1.37. The third kappa shape index (κ3) is 4.32. The van der Waals surface area contributed by atoms with Crippen LogP contribution in [0.1, 0.15) is 32.4 Å². The molecule has 0 saturated heterocycles. The molecule has 4 rings (SSSR count). The van der Waals surface area contributed by atoms with Crippen LogP contribution in [0.2, 0.25) is 0 Å². The molecule has 0 bridgehead atoms. The van der Waals surface area contributed by atoms with Crippen LogP contribution < -0.4 is 15.0 Å². The van der Waals surface area contributed by atoms with E-state index in [2.05, 4.69) is 29.2 Å². The smallest absolute Gasteiger partial charge is 0.263 e. The molecule has 1 aliphatic rings. The molecule has 0 saturated carbocycles. The standard InChI is InChI=1S/C24H27N3O3/c1-3-18(4-2)25-24(28)23-16-27(21-12-8-9-13-22(21)29-23)15-19-14-20(26-30-19)17-10-6-5-7-11-17/h5-14,18,23H,3-4,15-16H2,1-2H3,(H,25,28). The van der Waals surface area contributed by atoms with E-state index in [1.807, 2.05) is 60.7 Å². The van der Waals surface area contributed by atoms with Crippen LogP contribution in [0.15, 0.2) is 65.2 Å². The maximum Gasteiger partial charge on any atom is 0.263 e. The van der Waals surface area contributed by atoms with Gasteiger partial charge in [0.05, 0.1) is 18.8 Å². The Bertz CT molecular complexity index is 982. The van der Waals surface area contributed by atoms with Crippen LogP contribution in [0, 0.1) is 0 Å². The van der Waals surface area contributed by atoms with Crippen LogP contribution in [0.5, 0.6) is 5.75 Å². The number of aromatic nitrogens is 1. The number of nitrogens with one attached hydrogen (secondary N) is 1. The molecular weight excluding hydrogens is 378 g/mol. The molecular formula is C24H27N3O3. The molecule has 30 heavy (non-hydrogen) atoms. The van der Waals surface area contributed by atoms with Gasteiger partial charge >= 0.3 is 0 Å². The van der Waals surface area contributed by atoms with Gasteiger partial charge in [-0.1, -0.05) is 61.5 Å². The summed E-state index contributed by atoms with van der Waals surface area (Å²) >= 11 is 0. The molecule has 156 valence electrons. The zero-order valence-corrected chi connectivity index (χ0v) is 17.4. The lowest BCUT2D eigenvalue weighted by Crippen LogP contribution is -2.50. The van der Waals surface area contributed by atoms with Crippen molar-refractivity contribution >= 4 is 11.6 Å². The Labute approximate surface area is 176 Å². The predicted octanol–water partition coefficient (Wildman–Crippen LogP) is 4.41. The molecule has 1 unspecified atom stereocenters. The van der Waals surface area contributed by atoms with Crippen molar-refractivity contribution in [2.45, 2.75) is 45.4 Å². The van der Waals surface area contributed by atoms with Crippen molar-refractivity contribution in [3.05, 3.63) is 66.4 Å². The Morgan fingerprint density at radius 3 is 2.63 bits per heavy atom. The SMILES string of the molecule is CCC(CC)NC(=O)C1CN(Cc2cc(-c3ccccc3)no2)c2ccccc2O1. The molecule has 1 aliphatic heterocycles. The van der Waals surface area contributed by atoms with Crippen molar-refractivity contribution in [3.8, 4) is 17.0 Å². The summed E-state index contributed by atoms with van der Waals surface area (Å²) < 4.78 is 11.6. The van der Waals surface area contributed by atoms with Crippen LogP contribution in [0.3, 0.4) is 0 Å². The molecule has 0 spiro atoms. The van der Waals surface area contributed by atoms with Gasteiger partial charge in [-0.15, -0.1) is 0 Å². The highest BCUT2D eigenvalue weighted by Gasteiger charge is 2.32. The maximum atomic E-state index is 12.8. The zero-order chi connectivity index (χ0) is 20.9. The third-order valence-corrected chi connectivity index (χ3v) is 5.46. The number of carbonyl (C=O) groups excluding carboxylic acids is 1. The Morgan fingerprint density at radius 2 is 1.87 bits per heavy atom. The lowest BCUT2D eigenvalue weighted by Gasteiger charge is -2.35. The number of benzene rings is 2. The summed E-state index contributed by atoms with van der Waals surface area (Å²) in [7, 11) is 0. The van der Waals surface area contributed by atoms with Crippen LogP contribution >= 0.6 is 0 Å². The summed E-state index contributed by atoms with van der Waals surface area (Å²) in [5, 5.41) is 7.31. The van der Waals surface area contributed by atoms with Gasteiger partial charge in [0.25, 0.3) is 5.91 Å². The largest absolute Gasteiger partial charge is 0.477 e. The zero-order valence-electron chi connectivity index (χ0n) is 17.4. The second kappa shape index (κ2) is 9.03. The Balaban J connectivity index is 1.53. The van der Waals surface area contributed by atoms with Crippen LogP contribution in [0.25, 0.3) is 11.3 Å². The highest BCUT2D eigenvalue weighted by molar-refractivity contribution is 5.83. The van der Waals surface area contributed by atoms with Gasteiger partial charge in [0.15, 0.2) is 11.9 Å². The average Bonchev–Trinajstić information content (AvgIpc) is 3.26. The number of carbonyl (C=O) groups is 1. The quantitative estimate of drug-likeness (QED) is 0.630. The summed E-state index contributed by atoms with van der Waals surface area (Å²) in [6, 6.07) is 19.8. The average molecular weight is 405 g/mol. The first-order valence-electron chi connectivity index (χ1n) is 10.5. The number of para-hydroxylation sites is 2. The van der Waals surface area contributed by atoms with E-state index in [1.165, 1.54) is 0 Å². The van der Waals surface area contributed by atoms with E-state index < -0.39 is 6.10 Å². The van der Waals surface area contributed by atoms with Gasteiger partial charge in [0, 0.05) is 17.7 Å². The van der Waals surface area contributed by atoms with Gasteiger partial charge in [-0.05, 0) is 25.0 Å². The van der Waals surface area contributed by atoms with E-state index in [-0.39, 0.29) is 11.9 Å². The number of rotatable bonds is 7. The number of hydrogen-bond acceptors (Lipinski definition) is 5. The lowest BCUT2D eigenvalue weighted by molar-refractivity contribution is -0.128. The van der Waals surface area contributed by atoms with Crippen LogP contribution in [-0.4, -0.2) is 29.8 Å². The van der Waals surface area contributed by atoms with E-state index >= 15 is 0 Å². The fourth-order valence-electron chi connectivity index (χ4n) is 3.70. The van der Waals surface area contributed by atoms with Gasteiger partial charge in [-0.2, -0.15) is 0 Å². The monoisotopic (exact) mass is 405 g/mol. The molecule has 6 heteroatoms. The molecule has 0 radical (unpaired) electrons.